The molecule has 3 aromatic rings. The number of aryl methyl sites for hydroxylation is 1. The van der Waals surface area contributed by atoms with E-state index in [0.717, 1.165) is 23.1 Å². The van der Waals surface area contributed by atoms with Gasteiger partial charge in [0.1, 0.15) is 11.8 Å². The average molecular weight is 371 g/mol. The standard InChI is InChI=1S/C19H21N3O3S/c1-12(2)17(22-19-18-15(7-8-25-18)20-11-21-19)14-6-5-13-4-3-9-26(23,24)16(13)10-14/h5-8,10-12,17H,3-4,9H2,1-2H3,(H,20,21,22)/t17-/m0/s1. The van der Waals surface area contributed by atoms with Crippen molar-refractivity contribution in [3.05, 3.63) is 48.0 Å². The van der Waals surface area contributed by atoms with Gasteiger partial charge in [-0.3, -0.25) is 0 Å². The zero-order valence-corrected chi connectivity index (χ0v) is 15.6. The van der Waals surface area contributed by atoms with Gasteiger partial charge in [0, 0.05) is 6.07 Å². The van der Waals surface area contributed by atoms with Gasteiger partial charge in [-0.05, 0) is 36.0 Å². The number of anilines is 1. The highest BCUT2D eigenvalue weighted by molar-refractivity contribution is 7.91. The lowest BCUT2D eigenvalue weighted by molar-refractivity contribution is 0.540. The van der Waals surface area contributed by atoms with Crippen molar-refractivity contribution in [3.63, 3.8) is 0 Å². The monoisotopic (exact) mass is 371 g/mol. The molecule has 0 saturated carbocycles. The van der Waals surface area contributed by atoms with Crippen LogP contribution in [-0.2, 0) is 16.3 Å². The van der Waals surface area contributed by atoms with Gasteiger partial charge in [-0.2, -0.15) is 0 Å². The summed E-state index contributed by atoms with van der Waals surface area (Å²) in [7, 11) is -3.19. The summed E-state index contributed by atoms with van der Waals surface area (Å²) >= 11 is 0. The largest absolute Gasteiger partial charge is 0.459 e. The Labute approximate surface area is 152 Å². The number of fused-ring (bicyclic) bond motifs is 2. The van der Waals surface area contributed by atoms with Crippen LogP contribution < -0.4 is 5.32 Å². The fourth-order valence-corrected chi connectivity index (χ4v) is 5.13. The fourth-order valence-electron chi connectivity index (χ4n) is 3.50. The normalized spacial score (nSPS) is 17.2. The number of sulfone groups is 1. The van der Waals surface area contributed by atoms with E-state index in [1.807, 2.05) is 18.2 Å². The van der Waals surface area contributed by atoms with Crippen molar-refractivity contribution >= 4 is 26.8 Å². The van der Waals surface area contributed by atoms with Gasteiger partial charge < -0.3 is 9.73 Å². The van der Waals surface area contributed by atoms with Crippen molar-refractivity contribution in [2.75, 3.05) is 11.1 Å². The molecule has 7 heteroatoms. The molecule has 136 valence electrons. The van der Waals surface area contributed by atoms with E-state index in [-0.39, 0.29) is 17.7 Å². The zero-order chi connectivity index (χ0) is 18.3. The Hall–Kier alpha value is -2.41. The molecule has 0 aliphatic carbocycles. The molecule has 0 bridgehead atoms. The van der Waals surface area contributed by atoms with Crippen LogP contribution in [0.25, 0.3) is 11.1 Å². The van der Waals surface area contributed by atoms with Crippen LogP contribution in [0.4, 0.5) is 5.82 Å². The third-order valence-electron chi connectivity index (χ3n) is 4.85. The van der Waals surface area contributed by atoms with Crippen molar-refractivity contribution in [1.29, 1.82) is 0 Å². The summed E-state index contributed by atoms with van der Waals surface area (Å²) in [5, 5.41) is 3.42. The van der Waals surface area contributed by atoms with Crippen molar-refractivity contribution in [1.82, 2.24) is 9.97 Å². The van der Waals surface area contributed by atoms with Gasteiger partial charge in [0.15, 0.2) is 21.2 Å². The summed E-state index contributed by atoms with van der Waals surface area (Å²) in [5.74, 6) is 1.06. The van der Waals surface area contributed by atoms with Crippen molar-refractivity contribution in [2.24, 2.45) is 5.92 Å². The number of hydrogen-bond donors (Lipinski definition) is 1. The molecule has 1 N–H and O–H groups in total. The molecular formula is C19H21N3O3S. The summed E-state index contributed by atoms with van der Waals surface area (Å²) < 4.78 is 30.4. The summed E-state index contributed by atoms with van der Waals surface area (Å²) in [6.45, 7) is 4.18. The van der Waals surface area contributed by atoms with E-state index >= 15 is 0 Å². The minimum atomic E-state index is -3.19. The Kier molecular flexibility index (Phi) is 4.19. The highest BCUT2D eigenvalue weighted by atomic mass is 32.2. The third kappa shape index (κ3) is 2.96. The average Bonchev–Trinajstić information content (AvgIpc) is 3.08. The second kappa shape index (κ2) is 6.39. The maximum Gasteiger partial charge on any atom is 0.194 e. The van der Waals surface area contributed by atoms with Gasteiger partial charge >= 0.3 is 0 Å². The first-order valence-corrected chi connectivity index (χ1v) is 10.4. The molecule has 3 heterocycles. The predicted octanol–water partition coefficient (Wildman–Crippen LogP) is 3.75. The zero-order valence-electron chi connectivity index (χ0n) is 14.8. The second-order valence-electron chi connectivity index (χ2n) is 7.01. The Bertz CT molecular complexity index is 1060. The lowest BCUT2D eigenvalue weighted by Gasteiger charge is -2.25. The first kappa shape index (κ1) is 17.0. The number of benzene rings is 1. The molecule has 4 rings (SSSR count). The highest BCUT2D eigenvalue weighted by Crippen LogP contribution is 2.33. The molecule has 1 aliphatic heterocycles. The Balaban J connectivity index is 1.75. The molecule has 26 heavy (non-hydrogen) atoms. The molecule has 6 nitrogen and oxygen atoms in total. The lowest BCUT2D eigenvalue weighted by atomic mass is 9.94. The minimum absolute atomic E-state index is 0.0966. The molecule has 1 aromatic carbocycles. The molecule has 0 radical (unpaired) electrons. The number of nitrogens with zero attached hydrogens (tertiary/aromatic N) is 2. The maximum absolute atomic E-state index is 12.5. The van der Waals surface area contributed by atoms with Crippen molar-refractivity contribution in [2.45, 2.75) is 37.6 Å². The molecule has 1 atom stereocenters. The maximum atomic E-state index is 12.5. The predicted molar refractivity (Wildman–Crippen MR) is 99.8 cm³/mol. The fraction of sp³-hybridized carbons (Fsp3) is 0.368. The quantitative estimate of drug-likeness (QED) is 0.752. The summed E-state index contributed by atoms with van der Waals surface area (Å²) in [6, 6.07) is 7.47. The van der Waals surface area contributed by atoms with Gasteiger partial charge in [-0.25, -0.2) is 18.4 Å². The van der Waals surface area contributed by atoms with E-state index < -0.39 is 9.84 Å². The van der Waals surface area contributed by atoms with Gasteiger partial charge in [0.05, 0.1) is 23.0 Å². The first-order valence-electron chi connectivity index (χ1n) is 8.76. The Morgan fingerprint density at radius 1 is 1.19 bits per heavy atom. The van der Waals surface area contributed by atoms with E-state index in [4.69, 9.17) is 4.42 Å². The van der Waals surface area contributed by atoms with Crippen LogP contribution in [0.15, 0.2) is 46.2 Å². The minimum Gasteiger partial charge on any atom is -0.459 e. The van der Waals surface area contributed by atoms with Gasteiger partial charge in [-0.1, -0.05) is 26.0 Å². The topological polar surface area (TPSA) is 85.1 Å². The number of aromatic nitrogens is 2. The first-order chi connectivity index (χ1) is 12.5. The molecule has 0 unspecified atom stereocenters. The van der Waals surface area contributed by atoms with Crippen molar-refractivity contribution < 1.29 is 12.8 Å². The number of hydrogen-bond acceptors (Lipinski definition) is 6. The van der Waals surface area contributed by atoms with Crippen LogP contribution in [0.5, 0.6) is 0 Å². The highest BCUT2D eigenvalue weighted by Gasteiger charge is 2.26. The van der Waals surface area contributed by atoms with Crippen LogP contribution >= 0.6 is 0 Å². The van der Waals surface area contributed by atoms with Crippen LogP contribution in [0, 0.1) is 5.92 Å². The molecule has 0 amide bonds. The number of nitrogens with one attached hydrogen (secondary N) is 1. The van der Waals surface area contributed by atoms with E-state index in [9.17, 15) is 8.42 Å². The number of rotatable bonds is 4. The third-order valence-corrected chi connectivity index (χ3v) is 6.72. The van der Waals surface area contributed by atoms with E-state index in [1.54, 1.807) is 12.3 Å². The molecule has 1 aliphatic rings. The SMILES string of the molecule is CC(C)[C@H](Nc1ncnc2ccoc12)c1ccc2c(c1)S(=O)(=O)CCC2. The number of furan rings is 1. The summed E-state index contributed by atoms with van der Waals surface area (Å²) in [4.78, 5) is 8.96. The van der Waals surface area contributed by atoms with Gasteiger partial charge in [0.25, 0.3) is 0 Å². The molecule has 0 saturated heterocycles. The van der Waals surface area contributed by atoms with Crippen LogP contribution in [0.1, 0.15) is 37.4 Å². The van der Waals surface area contributed by atoms with Gasteiger partial charge in [0.2, 0.25) is 0 Å². The Morgan fingerprint density at radius 3 is 2.85 bits per heavy atom. The molecule has 0 spiro atoms. The van der Waals surface area contributed by atoms with Gasteiger partial charge in [-0.15, -0.1) is 0 Å². The lowest BCUT2D eigenvalue weighted by Crippen LogP contribution is -2.20. The van der Waals surface area contributed by atoms with E-state index in [1.165, 1.54) is 6.33 Å². The summed E-state index contributed by atoms with van der Waals surface area (Å²) in [5.41, 5.74) is 3.18. The van der Waals surface area contributed by atoms with Crippen LogP contribution in [-0.4, -0.2) is 24.1 Å². The van der Waals surface area contributed by atoms with E-state index in [0.29, 0.717) is 22.7 Å². The molecule has 0 fully saturated rings. The van der Waals surface area contributed by atoms with Crippen LogP contribution in [0.2, 0.25) is 0 Å². The smallest absolute Gasteiger partial charge is 0.194 e. The molecular weight excluding hydrogens is 350 g/mol. The van der Waals surface area contributed by atoms with Crippen molar-refractivity contribution in [3.8, 4) is 0 Å². The summed E-state index contributed by atoms with van der Waals surface area (Å²) in [6.07, 6.45) is 4.58. The second-order valence-corrected chi connectivity index (χ2v) is 9.09. The van der Waals surface area contributed by atoms with E-state index in [2.05, 4.69) is 29.1 Å². The Morgan fingerprint density at radius 2 is 2.04 bits per heavy atom. The van der Waals surface area contributed by atoms with Crippen LogP contribution in [0.3, 0.4) is 0 Å². The molecule has 2 aromatic heterocycles.